The van der Waals surface area contributed by atoms with E-state index in [-0.39, 0.29) is 62.6 Å². The van der Waals surface area contributed by atoms with Crippen LogP contribution in [0.2, 0.25) is 0 Å². The van der Waals surface area contributed by atoms with E-state index in [0.717, 1.165) is 50.6 Å². The molecule has 24 heteroatoms. The standard InChI is InChI=1S/C32H24F3N3O6S.C28H16BrF3N2O4.C4H9N/c33-32(34,35)23-7-5-6-22(16-23)20-10-12-21(13-11-20)28(39)19-36-18-24(45(43,44)37-14-3-4-15-37)17-27(31(36)42)38-29(40)25-8-1-2-9-26(25)30(38)41;29-20-13-23(34-25(36)21-6-1-2-7-22(21)26(34)37)27(38)33(14-20)15-24(35)17-10-8-16(9-11-17)18-4-3-5-19(12-18)28(30,31)32;1-2-4-5-3-1/h1-2,5-13,16-18H,3-4,14-15,19H2;1-14H,15H2;5H,1-4H2. The van der Waals surface area contributed by atoms with Crippen LogP contribution < -0.4 is 26.2 Å². The molecule has 4 aliphatic heterocycles. The van der Waals surface area contributed by atoms with Gasteiger partial charge in [0.05, 0.1) is 46.5 Å². The summed E-state index contributed by atoms with van der Waals surface area (Å²) in [5, 5.41) is 3.22. The van der Waals surface area contributed by atoms with Crippen molar-refractivity contribution >= 4 is 72.5 Å². The lowest BCUT2D eigenvalue weighted by Crippen LogP contribution is -2.38. The van der Waals surface area contributed by atoms with E-state index >= 15 is 0 Å². The van der Waals surface area contributed by atoms with Crippen molar-refractivity contribution in [2.75, 3.05) is 36.0 Å². The third kappa shape index (κ3) is 12.9. The summed E-state index contributed by atoms with van der Waals surface area (Å²) in [7, 11) is -4.15. The molecule has 88 heavy (non-hydrogen) atoms. The van der Waals surface area contributed by atoms with Crippen molar-refractivity contribution in [3.05, 3.63) is 240 Å². The highest BCUT2D eigenvalue weighted by molar-refractivity contribution is 9.10. The summed E-state index contributed by atoms with van der Waals surface area (Å²) in [6, 6.07) is 35.8. The number of hydrogen-bond donors (Lipinski definition) is 1. The zero-order valence-electron chi connectivity index (χ0n) is 46.1. The number of amides is 4. The monoisotopic (exact) mass is 1290 g/mol. The fraction of sp³-hybridized carbons (Fsp3) is 0.188. The van der Waals surface area contributed by atoms with Crippen LogP contribution >= 0.6 is 15.9 Å². The topological polar surface area (TPSA) is 202 Å². The fourth-order valence-corrected chi connectivity index (χ4v) is 12.4. The Morgan fingerprint density at radius 1 is 0.466 bits per heavy atom. The number of alkyl halides is 6. The lowest BCUT2D eigenvalue weighted by atomic mass is 10.0. The molecule has 2 fully saturated rings. The van der Waals surface area contributed by atoms with E-state index in [1.807, 2.05) is 0 Å². The number of anilines is 2. The minimum absolute atomic E-state index is 0.0539. The largest absolute Gasteiger partial charge is 0.416 e. The number of imide groups is 2. The number of carbonyl (C=O) groups excluding carboxylic acids is 6. The molecule has 4 aliphatic rings. The van der Waals surface area contributed by atoms with Gasteiger partial charge in [-0.1, -0.05) is 97.1 Å². The Kier molecular flexibility index (Phi) is 17.7. The van der Waals surface area contributed by atoms with Crippen LogP contribution in [-0.2, 0) is 35.5 Å². The smallest absolute Gasteiger partial charge is 0.317 e. The summed E-state index contributed by atoms with van der Waals surface area (Å²) in [6.45, 7) is 1.97. The van der Waals surface area contributed by atoms with Gasteiger partial charge in [-0.2, -0.15) is 30.6 Å². The minimum Gasteiger partial charge on any atom is -0.317 e. The molecule has 450 valence electrons. The lowest BCUT2D eigenvalue weighted by molar-refractivity contribution is -0.138. The van der Waals surface area contributed by atoms with Crippen molar-refractivity contribution in [3.8, 4) is 22.3 Å². The second-order valence-electron chi connectivity index (χ2n) is 20.7. The van der Waals surface area contributed by atoms with Gasteiger partial charge in [0.25, 0.3) is 34.7 Å². The number of nitrogens with one attached hydrogen (secondary N) is 1. The van der Waals surface area contributed by atoms with Gasteiger partial charge in [-0.15, -0.1) is 0 Å². The number of pyridine rings is 2. The van der Waals surface area contributed by atoms with E-state index < -0.39 is 98.6 Å². The zero-order valence-corrected chi connectivity index (χ0v) is 48.5. The maximum atomic E-state index is 13.7. The molecule has 6 aromatic carbocycles. The first kappa shape index (κ1) is 61.8. The normalized spacial score (nSPS) is 14.9. The number of sulfonamides is 1. The van der Waals surface area contributed by atoms with Crippen molar-refractivity contribution in [3.63, 3.8) is 0 Å². The molecule has 8 aromatic rings. The molecule has 0 radical (unpaired) electrons. The molecule has 0 spiro atoms. The van der Waals surface area contributed by atoms with Crippen LogP contribution in [0, 0.1) is 0 Å². The van der Waals surface area contributed by atoms with Crippen LogP contribution in [0.5, 0.6) is 0 Å². The highest BCUT2D eigenvalue weighted by atomic mass is 79.9. The van der Waals surface area contributed by atoms with E-state index in [4.69, 9.17) is 0 Å². The van der Waals surface area contributed by atoms with E-state index in [2.05, 4.69) is 21.2 Å². The number of Topliss-reactive ketones (excluding diaryl/α,β-unsaturated/α-hetero) is 2. The maximum Gasteiger partial charge on any atom is 0.416 e. The lowest BCUT2D eigenvalue weighted by Gasteiger charge is -2.20. The maximum absolute atomic E-state index is 13.7. The van der Waals surface area contributed by atoms with Crippen LogP contribution in [-0.4, -0.2) is 83.2 Å². The number of nitrogens with zero attached hydrogens (tertiary/aromatic N) is 5. The Balaban J connectivity index is 0.000000182. The third-order valence-electron chi connectivity index (χ3n) is 14.9. The predicted octanol–water partition coefficient (Wildman–Crippen LogP) is 11.4. The quantitative estimate of drug-likeness (QED) is 0.0692. The molecule has 4 amide bonds. The van der Waals surface area contributed by atoms with Crippen molar-refractivity contribution in [1.29, 1.82) is 0 Å². The second kappa shape index (κ2) is 25.2. The summed E-state index contributed by atoms with van der Waals surface area (Å²) in [4.78, 5) is 106. The number of benzene rings is 6. The van der Waals surface area contributed by atoms with E-state index in [1.165, 1.54) is 140 Å². The molecule has 0 saturated carbocycles. The van der Waals surface area contributed by atoms with Gasteiger partial charge in [-0.3, -0.25) is 38.4 Å². The van der Waals surface area contributed by atoms with Gasteiger partial charge in [0.15, 0.2) is 11.6 Å². The molecule has 6 heterocycles. The van der Waals surface area contributed by atoms with Gasteiger partial charge in [0.2, 0.25) is 10.0 Å². The SMILES string of the molecule is C1CCNC1.O=C(Cn1cc(Br)cc(N2C(=O)c3ccccc3C2=O)c1=O)c1ccc(-c2cccc(C(F)(F)F)c2)cc1.O=C(Cn1cc(S(=O)(=O)N2CCCC2)cc(N2C(=O)c3ccccc3C2=O)c1=O)c1ccc(-c2cccc(C(F)(F)F)c2)cc1. The van der Waals surface area contributed by atoms with E-state index in [0.29, 0.717) is 38.9 Å². The molecule has 16 nitrogen and oxygen atoms in total. The van der Waals surface area contributed by atoms with Crippen LogP contribution in [0.25, 0.3) is 22.3 Å². The Morgan fingerprint density at radius 3 is 1.23 bits per heavy atom. The van der Waals surface area contributed by atoms with Crippen molar-refractivity contribution < 1.29 is 63.5 Å². The number of aromatic nitrogens is 2. The van der Waals surface area contributed by atoms with Crippen molar-refractivity contribution in [2.45, 2.75) is 56.0 Å². The summed E-state index contributed by atoms with van der Waals surface area (Å²) in [5.74, 6) is -3.93. The molecule has 0 unspecified atom stereocenters. The number of rotatable bonds is 12. The van der Waals surface area contributed by atoms with Gasteiger partial charge in [0.1, 0.15) is 16.3 Å². The van der Waals surface area contributed by atoms with E-state index in [1.54, 1.807) is 24.3 Å². The number of fused-ring (bicyclic) bond motifs is 2. The zero-order chi connectivity index (χ0) is 62.8. The van der Waals surface area contributed by atoms with E-state index in [9.17, 15) is 73.1 Å². The molecule has 2 saturated heterocycles. The number of carbonyl (C=O) groups is 6. The van der Waals surface area contributed by atoms with Crippen molar-refractivity contribution in [2.24, 2.45) is 0 Å². The van der Waals surface area contributed by atoms with Gasteiger partial charge in [0, 0.05) is 41.1 Å². The van der Waals surface area contributed by atoms with Gasteiger partial charge < -0.3 is 14.5 Å². The fourth-order valence-electron chi connectivity index (χ4n) is 10.3. The average molecular weight is 1290 g/mol. The Morgan fingerprint density at radius 2 is 0.852 bits per heavy atom. The van der Waals surface area contributed by atoms with Crippen LogP contribution in [0.1, 0.15) is 99.0 Å². The Labute approximate surface area is 506 Å². The highest BCUT2D eigenvalue weighted by Crippen LogP contribution is 2.35. The Bertz CT molecular complexity index is 4270. The average Bonchev–Trinajstić information content (AvgIpc) is 1.63. The molecule has 2 aromatic heterocycles. The van der Waals surface area contributed by atoms with Crippen LogP contribution in [0.15, 0.2) is 189 Å². The van der Waals surface area contributed by atoms with Crippen LogP contribution in [0.3, 0.4) is 0 Å². The van der Waals surface area contributed by atoms with Crippen LogP contribution in [0.4, 0.5) is 37.7 Å². The highest BCUT2D eigenvalue weighted by Gasteiger charge is 2.41. The number of halogens is 7. The van der Waals surface area contributed by atoms with Crippen molar-refractivity contribution in [1.82, 2.24) is 18.8 Å². The minimum atomic E-state index is -4.53. The molecule has 1 N–H and O–H groups in total. The van der Waals surface area contributed by atoms with Gasteiger partial charge in [-0.05, 0) is 138 Å². The first-order valence-electron chi connectivity index (χ1n) is 27.3. The summed E-state index contributed by atoms with van der Waals surface area (Å²) < 4.78 is 109. The second-order valence-corrected chi connectivity index (χ2v) is 23.5. The molecule has 0 atom stereocenters. The third-order valence-corrected chi connectivity index (χ3v) is 17.2. The summed E-state index contributed by atoms with van der Waals surface area (Å²) >= 11 is 3.27. The van der Waals surface area contributed by atoms with Gasteiger partial charge in [-0.25, -0.2) is 18.2 Å². The first-order chi connectivity index (χ1) is 41.9. The molecule has 0 bridgehead atoms. The Hall–Kier alpha value is -9.23. The predicted molar refractivity (Wildman–Crippen MR) is 317 cm³/mol. The molecule has 12 rings (SSSR count). The van der Waals surface area contributed by atoms with Gasteiger partial charge >= 0.3 is 12.4 Å². The number of hydrogen-bond acceptors (Lipinski definition) is 11. The number of ketones is 2. The molecular formula is C64H49BrF6N6O10S. The molecule has 0 aliphatic carbocycles. The summed E-state index contributed by atoms with van der Waals surface area (Å²) in [6.07, 6.45) is -2.55. The molecular weight excluding hydrogens is 1240 g/mol. The summed E-state index contributed by atoms with van der Waals surface area (Å²) in [5.41, 5.74) is -1.61. The first-order valence-corrected chi connectivity index (χ1v) is 29.6.